The van der Waals surface area contributed by atoms with Gasteiger partial charge in [-0.1, -0.05) is 41.9 Å². The van der Waals surface area contributed by atoms with Crippen molar-refractivity contribution in [2.45, 2.75) is 11.3 Å². The third-order valence-electron chi connectivity index (χ3n) is 1.98. The van der Waals surface area contributed by atoms with Crippen molar-refractivity contribution in [1.82, 2.24) is 9.97 Å². The van der Waals surface area contributed by atoms with Crippen LogP contribution in [0, 0.1) is 0 Å². The minimum absolute atomic E-state index is 0.402. The largest absolute Gasteiger partial charge is 0.240 e. The van der Waals surface area contributed by atoms with Crippen LogP contribution in [0.3, 0.4) is 0 Å². The monoisotopic (exact) mass is 236 g/mol. The zero-order valence-electron chi connectivity index (χ0n) is 7.89. The first kappa shape index (κ1) is 10.5. The normalized spacial score (nSPS) is 10.3. The summed E-state index contributed by atoms with van der Waals surface area (Å²) in [7, 11) is 0. The number of hydrogen-bond acceptors (Lipinski definition) is 3. The molecule has 0 aliphatic carbocycles. The van der Waals surface area contributed by atoms with Crippen molar-refractivity contribution >= 4 is 24.2 Å². The van der Waals surface area contributed by atoms with Crippen molar-refractivity contribution in [1.29, 1.82) is 0 Å². The molecule has 0 bridgehead atoms. The molecule has 15 heavy (non-hydrogen) atoms. The quantitative estimate of drug-likeness (QED) is 0.641. The van der Waals surface area contributed by atoms with E-state index < -0.39 is 0 Å². The van der Waals surface area contributed by atoms with Crippen molar-refractivity contribution in [2.75, 3.05) is 0 Å². The maximum absolute atomic E-state index is 5.85. The van der Waals surface area contributed by atoms with Crippen molar-refractivity contribution in [3.63, 3.8) is 0 Å². The molecule has 2 nitrogen and oxygen atoms in total. The van der Waals surface area contributed by atoms with Gasteiger partial charge >= 0.3 is 0 Å². The van der Waals surface area contributed by atoms with Crippen LogP contribution in [0.1, 0.15) is 11.4 Å². The Bertz CT molecular complexity index is 459. The van der Waals surface area contributed by atoms with E-state index in [0.717, 1.165) is 0 Å². The van der Waals surface area contributed by atoms with Gasteiger partial charge < -0.3 is 0 Å². The number of halogens is 1. The van der Waals surface area contributed by atoms with Gasteiger partial charge in [-0.3, -0.25) is 0 Å². The molecule has 0 aliphatic heterocycles. The molecule has 0 radical (unpaired) electrons. The molecule has 0 spiro atoms. The minimum atomic E-state index is 0.402. The van der Waals surface area contributed by atoms with Gasteiger partial charge in [0.1, 0.15) is 11.0 Å². The van der Waals surface area contributed by atoms with Gasteiger partial charge in [-0.2, -0.15) is 0 Å². The van der Waals surface area contributed by atoms with Crippen LogP contribution in [-0.4, -0.2) is 9.97 Å². The highest BCUT2D eigenvalue weighted by atomic mass is 35.5. The summed E-state index contributed by atoms with van der Waals surface area (Å²) in [5.41, 5.74) is 1.17. The summed E-state index contributed by atoms with van der Waals surface area (Å²) >= 11 is 9.97. The number of hydrogen-bond donors (Lipinski definition) is 1. The van der Waals surface area contributed by atoms with E-state index in [1.165, 1.54) is 5.56 Å². The Morgan fingerprint density at radius 2 is 1.93 bits per heavy atom. The lowest BCUT2D eigenvalue weighted by Crippen LogP contribution is -1.96. The lowest BCUT2D eigenvalue weighted by atomic mass is 10.1. The van der Waals surface area contributed by atoms with Crippen LogP contribution < -0.4 is 0 Å². The second kappa shape index (κ2) is 4.64. The third-order valence-corrected chi connectivity index (χ3v) is 2.73. The number of aromatic nitrogens is 2. The molecule has 0 fully saturated rings. The van der Waals surface area contributed by atoms with Crippen molar-refractivity contribution in [3.05, 3.63) is 53.1 Å². The molecule has 0 N–H and O–H groups in total. The van der Waals surface area contributed by atoms with Gasteiger partial charge in [-0.05, 0) is 5.56 Å². The first-order valence-corrected chi connectivity index (χ1v) is 5.32. The Labute approximate surface area is 98.8 Å². The van der Waals surface area contributed by atoms with E-state index in [-0.39, 0.29) is 0 Å². The van der Waals surface area contributed by atoms with Crippen LogP contribution in [0.15, 0.2) is 41.4 Å². The predicted molar refractivity (Wildman–Crippen MR) is 63.5 cm³/mol. The van der Waals surface area contributed by atoms with Crippen LogP contribution >= 0.6 is 24.2 Å². The molecule has 0 saturated heterocycles. The van der Waals surface area contributed by atoms with Crippen LogP contribution in [0.5, 0.6) is 0 Å². The fourth-order valence-corrected chi connectivity index (χ4v) is 1.51. The van der Waals surface area contributed by atoms with Crippen LogP contribution in [0.2, 0.25) is 5.15 Å². The van der Waals surface area contributed by atoms with E-state index in [1.54, 1.807) is 6.20 Å². The van der Waals surface area contributed by atoms with E-state index in [2.05, 4.69) is 22.6 Å². The van der Waals surface area contributed by atoms with E-state index >= 15 is 0 Å². The minimum Gasteiger partial charge on any atom is -0.240 e. The number of nitrogens with zero attached hydrogens (tertiary/aromatic N) is 2. The van der Waals surface area contributed by atoms with Gasteiger partial charge in [-0.15, -0.1) is 12.6 Å². The molecular formula is C11H9ClN2S. The highest BCUT2D eigenvalue weighted by Crippen LogP contribution is 2.16. The second-order valence-corrected chi connectivity index (χ2v) is 3.96. The molecule has 1 aromatic heterocycles. The van der Waals surface area contributed by atoms with Crippen LogP contribution in [0.4, 0.5) is 0 Å². The summed E-state index contributed by atoms with van der Waals surface area (Å²) in [5, 5.41) is 0.402. The summed E-state index contributed by atoms with van der Waals surface area (Å²) in [6.45, 7) is 0. The zero-order chi connectivity index (χ0) is 10.7. The summed E-state index contributed by atoms with van der Waals surface area (Å²) in [6, 6.07) is 10.0. The fraction of sp³-hybridized carbons (Fsp3) is 0.0909. The molecule has 1 heterocycles. The lowest BCUT2D eigenvalue weighted by Gasteiger charge is -2.01. The average molecular weight is 237 g/mol. The average Bonchev–Trinajstić information content (AvgIpc) is 2.25. The Morgan fingerprint density at radius 1 is 1.20 bits per heavy atom. The molecule has 0 aliphatic rings. The summed E-state index contributed by atoms with van der Waals surface area (Å²) in [5.74, 6) is 0.712. The molecule has 0 unspecified atom stereocenters. The van der Waals surface area contributed by atoms with Crippen molar-refractivity contribution in [3.8, 4) is 0 Å². The smallest absolute Gasteiger partial charge is 0.146 e. The molecule has 2 aromatic rings. The van der Waals surface area contributed by atoms with Crippen LogP contribution in [-0.2, 0) is 6.42 Å². The summed E-state index contributed by atoms with van der Waals surface area (Å²) < 4.78 is 0. The van der Waals surface area contributed by atoms with Gasteiger partial charge in [0.05, 0.1) is 4.90 Å². The maximum atomic E-state index is 5.85. The Hall–Kier alpha value is -1.06. The first-order chi connectivity index (χ1) is 7.25. The van der Waals surface area contributed by atoms with Gasteiger partial charge in [0.25, 0.3) is 0 Å². The van der Waals surface area contributed by atoms with Gasteiger partial charge in [0.2, 0.25) is 0 Å². The summed E-state index contributed by atoms with van der Waals surface area (Å²) in [4.78, 5) is 8.91. The SMILES string of the molecule is Sc1cnc(Cc2ccccc2)nc1Cl. The van der Waals surface area contributed by atoms with E-state index in [0.29, 0.717) is 22.3 Å². The van der Waals surface area contributed by atoms with Gasteiger partial charge in [0.15, 0.2) is 0 Å². The standard InChI is InChI=1S/C11H9ClN2S/c12-11-9(15)7-13-10(14-11)6-8-4-2-1-3-5-8/h1-5,7,15H,6H2. The van der Waals surface area contributed by atoms with E-state index in [9.17, 15) is 0 Å². The molecule has 0 atom stereocenters. The Kier molecular flexibility index (Phi) is 3.23. The third kappa shape index (κ3) is 2.70. The van der Waals surface area contributed by atoms with Crippen LogP contribution in [0.25, 0.3) is 0 Å². The molecule has 2 rings (SSSR count). The Morgan fingerprint density at radius 3 is 2.60 bits per heavy atom. The van der Waals surface area contributed by atoms with Crippen molar-refractivity contribution < 1.29 is 0 Å². The molecule has 0 amide bonds. The topological polar surface area (TPSA) is 25.8 Å². The van der Waals surface area contributed by atoms with Gasteiger partial charge in [-0.25, -0.2) is 9.97 Å². The number of rotatable bonds is 2. The predicted octanol–water partition coefficient (Wildman–Crippen LogP) is 3.01. The fourth-order valence-electron chi connectivity index (χ4n) is 1.25. The highest BCUT2D eigenvalue weighted by molar-refractivity contribution is 7.80. The second-order valence-electron chi connectivity index (χ2n) is 3.12. The lowest BCUT2D eigenvalue weighted by molar-refractivity contribution is 0.942. The number of benzene rings is 1. The molecule has 1 aromatic carbocycles. The summed E-state index contributed by atoms with van der Waals surface area (Å²) in [6.07, 6.45) is 2.31. The highest BCUT2D eigenvalue weighted by Gasteiger charge is 2.02. The molecule has 76 valence electrons. The molecule has 0 saturated carbocycles. The Balaban J connectivity index is 2.22. The number of thiol groups is 1. The first-order valence-electron chi connectivity index (χ1n) is 4.50. The van der Waals surface area contributed by atoms with Crippen molar-refractivity contribution in [2.24, 2.45) is 0 Å². The molecule has 4 heteroatoms. The zero-order valence-corrected chi connectivity index (χ0v) is 9.54. The molecular weight excluding hydrogens is 228 g/mol. The van der Waals surface area contributed by atoms with Gasteiger partial charge in [0, 0.05) is 12.6 Å². The van der Waals surface area contributed by atoms with E-state index in [4.69, 9.17) is 11.6 Å². The maximum Gasteiger partial charge on any atom is 0.146 e. The van der Waals surface area contributed by atoms with E-state index in [1.807, 2.05) is 30.3 Å².